The van der Waals surface area contributed by atoms with Gasteiger partial charge in [0.25, 0.3) is 0 Å². The van der Waals surface area contributed by atoms with Gasteiger partial charge in [-0.25, -0.2) is 4.79 Å². The van der Waals surface area contributed by atoms with Crippen molar-refractivity contribution in [3.63, 3.8) is 0 Å². The van der Waals surface area contributed by atoms with E-state index in [1.54, 1.807) is 24.3 Å². The minimum atomic E-state index is -1.06. The molecule has 2 aromatic rings. The summed E-state index contributed by atoms with van der Waals surface area (Å²) in [6.45, 7) is 6.68. The zero-order valence-electron chi connectivity index (χ0n) is 17.9. The first kappa shape index (κ1) is 22.1. The van der Waals surface area contributed by atoms with Crippen LogP contribution in [0, 0.1) is 0 Å². The first-order valence-corrected chi connectivity index (χ1v) is 9.97. The Hall–Kier alpha value is -3.55. The Labute approximate surface area is 181 Å². The number of anilines is 1. The van der Waals surface area contributed by atoms with Crippen LogP contribution in [0.1, 0.15) is 31.9 Å². The van der Waals surface area contributed by atoms with Crippen molar-refractivity contribution in [3.05, 3.63) is 59.7 Å². The molecule has 0 aliphatic carbocycles. The fraction of sp³-hybridized carbons (Fsp3) is 0.348. The van der Waals surface area contributed by atoms with Gasteiger partial charge in [-0.3, -0.25) is 14.7 Å². The Bertz CT molecular complexity index is 962. The SMILES string of the molecule is CC(C)(C)c1ccc(OCC2CN(c3ccc(C(N)=NCC(=O)O)cc3)C(=O)O2)cc1. The second-order valence-electron chi connectivity index (χ2n) is 8.34. The Morgan fingerprint density at radius 2 is 1.84 bits per heavy atom. The number of hydrogen-bond acceptors (Lipinski definition) is 5. The molecule has 1 atom stereocenters. The van der Waals surface area contributed by atoms with Gasteiger partial charge in [-0.05, 0) is 47.4 Å². The Morgan fingerprint density at radius 1 is 1.19 bits per heavy atom. The van der Waals surface area contributed by atoms with Gasteiger partial charge in [-0.2, -0.15) is 0 Å². The second-order valence-corrected chi connectivity index (χ2v) is 8.34. The van der Waals surface area contributed by atoms with Gasteiger partial charge >= 0.3 is 12.1 Å². The minimum Gasteiger partial charge on any atom is -0.490 e. The third kappa shape index (κ3) is 5.75. The van der Waals surface area contributed by atoms with Gasteiger partial charge in [-0.15, -0.1) is 0 Å². The summed E-state index contributed by atoms with van der Waals surface area (Å²) in [6.07, 6.45) is -0.839. The van der Waals surface area contributed by atoms with Crippen LogP contribution in [-0.4, -0.2) is 48.8 Å². The van der Waals surface area contributed by atoms with Crippen molar-refractivity contribution in [1.82, 2.24) is 0 Å². The molecule has 3 N–H and O–H groups in total. The zero-order chi connectivity index (χ0) is 22.6. The molecule has 8 heteroatoms. The van der Waals surface area contributed by atoms with Crippen LogP contribution in [0.15, 0.2) is 53.5 Å². The monoisotopic (exact) mass is 425 g/mol. The number of amides is 1. The molecule has 3 rings (SSSR count). The maximum atomic E-state index is 12.3. The summed E-state index contributed by atoms with van der Waals surface area (Å²) in [5, 5.41) is 8.68. The van der Waals surface area contributed by atoms with Crippen LogP contribution in [0.4, 0.5) is 10.5 Å². The number of nitrogens with zero attached hydrogens (tertiary/aromatic N) is 2. The van der Waals surface area contributed by atoms with Gasteiger partial charge in [-0.1, -0.05) is 32.9 Å². The molecular weight excluding hydrogens is 398 g/mol. The van der Waals surface area contributed by atoms with Gasteiger partial charge in [0.05, 0.1) is 6.54 Å². The fourth-order valence-electron chi connectivity index (χ4n) is 3.12. The number of aliphatic carboxylic acids is 1. The van der Waals surface area contributed by atoms with Crippen LogP contribution in [0.25, 0.3) is 0 Å². The molecule has 1 aliphatic rings. The number of carboxylic acid groups (broad SMARTS) is 1. The Kier molecular flexibility index (Phi) is 6.48. The lowest BCUT2D eigenvalue weighted by molar-refractivity contribution is -0.135. The van der Waals surface area contributed by atoms with E-state index in [4.69, 9.17) is 20.3 Å². The van der Waals surface area contributed by atoms with E-state index in [-0.39, 0.29) is 17.9 Å². The lowest BCUT2D eigenvalue weighted by atomic mass is 9.87. The van der Waals surface area contributed by atoms with Gasteiger partial charge in [0.2, 0.25) is 0 Å². The van der Waals surface area contributed by atoms with E-state index in [0.29, 0.717) is 17.8 Å². The summed E-state index contributed by atoms with van der Waals surface area (Å²) in [7, 11) is 0. The number of carbonyl (C=O) groups is 2. The molecular formula is C23H27N3O5. The molecule has 1 fully saturated rings. The number of ether oxygens (including phenoxy) is 2. The number of benzene rings is 2. The summed E-state index contributed by atoms with van der Waals surface area (Å²) in [5.74, 6) is -0.206. The summed E-state index contributed by atoms with van der Waals surface area (Å²) < 4.78 is 11.2. The molecule has 0 radical (unpaired) electrons. The summed E-state index contributed by atoms with van der Waals surface area (Å²) >= 11 is 0. The lowest BCUT2D eigenvalue weighted by Gasteiger charge is -2.19. The molecule has 1 saturated heterocycles. The average Bonchev–Trinajstić information content (AvgIpc) is 3.10. The quantitative estimate of drug-likeness (QED) is 0.520. The van der Waals surface area contributed by atoms with Crippen LogP contribution in [0.5, 0.6) is 5.75 Å². The summed E-state index contributed by atoms with van der Waals surface area (Å²) in [4.78, 5) is 28.2. The van der Waals surface area contributed by atoms with Crippen LogP contribution >= 0.6 is 0 Å². The van der Waals surface area contributed by atoms with Crippen molar-refractivity contribution in [2.75, 3.05) is 24.6 Å². The Morgan fingerprint density at radius 3 is 2.42 bits per heavy atom. The van der Waals surface area contributed by atoms with Gasteiger partial charge < -0.3 is 20.3 Å². The maximum Gasteiger partial charge on any atom is 0.414 e. The molecule has 8 nitrogen and oxygen atoms in total. The van der Waals surface area contributed by atoms with E-state index < -0.39 is 24.7 Å². The number of rotatable bonds is 7. The van der Waals surface area contributed by atoms with Crippen LogP contribution in [0.3, 0.4) is 0 Å². The second kappa shape index (κ2) is 9.07. The number of nitrogens with two attached hydrogens (primary N) is 1. The van der Waals surface area contributed by atoms with Crippen LogP contribution in [-0.2, 0) is 14.9 Å². The average molecular weight is 425 g/mol. The number of carboxylic acids is 1. The molecule has 2 aromatic carbocycles. The van der Waals surface area contributed by atoms with Crippen LogP contribution in [0.2, 0.25) is 0 Å². The smallest absolute Gasteiger partial charge is 0.414 e. The summed E-state index contributed by atoms with van der Waals surface area (Å²) in [5.41, 5.74) is 8.31. The van der Waals surface area contributed by atoms with Gasteiger partial charge in [0.15, 0.2) is 6.10 Å². The van der Waals surface area contributed by atoms with Crippen molar-refractivity contribution >= 4 is 23.6 Å². The molecule has 1 aliphatic heterocycles. The highest BCUT2D eigenvalue weighted by molar-refractivity contribution is 5.99. The van der Waals surface area contributed by atoms with E-state index in [9.17, 15) is 9.59 Å². The van der Waals surface area contributed by atoms with Crippen molar-refractivity contribution in [2.45, 2.75) is 32.3 Å². The van der Waals surface area contributed by atoms with Crippen molar-refractivity contribution in [3.8, 4) is 5.75 Å². The molecule has 1 unspecified atom stereocenters. The van der Waals surface area contributed by atoms with E-state index in [1.165, 1.54) is 10.5 Å². The first-order chi connectivity index (χ1) is 14.6. The number of hydrogen-bond donors (Lipinski definition) is 2. The fourth-order valence-corrected chi connectivity index (χ4v) is 3.12. The van der Waals surface area contributed by atoms with E-state index >= 15 is 0 Å². The topological polar surface area (TPSA) is 114 Å². The highest BCUT2D eigenvalue weighted by Crippen LogP contribution is 2.25. The van der Waals surface area contributed by atoms with Gasteiger partial charge in [0, 0.05) is 11.3 Å². The van der Waals surface area contributed by atoms with Crippen molar-refractivity contribution < 1.29 is 24.2 Å². The molecule has 164 valence electrons. The lowest BCUT2D eigenvalue weighted by Crippen LogP contribution is -2.26. The number of cyclic esters (lactones) is 1. The molecule has 0 aromatic heterocycles. The minimum absolute atomic E-state index is 0.0718. The van der Waals surface area contributed by atoms with Gasteiger partial charge in [0.1, 0.15) is 24.7 Å². The highest BCUT2D eigenvalue weighted by atomic mass is 16.6. The predicted molar refractivity (Wildman–Crippen MR) is 118 cm³/mol. The number of amidine groups is 1. The number of aliphatic imine (C=N–C) groups is 1. The molecule has 0 spiro atoms. The Balaban J connectivity index is 1.57. The molecule has 0 bridgehead atoms. The predicted octanol–water partition coefficient (Wildman–Crippen LogP) is 3.18. The first-order valence-electron chi connectivity index (χ1n) is 9.97. The maximum absolute atomic E-state index is 12.3. The number of carbonyl (C=O) groups excluding carboxylic acids is 1. The van der Waals surface area contributed by atoms with Crippen molar-refractivity contribution in [1.29, 1.82) is 0 Å². The third-order valence-corrected chi connectivity index (χ3v) is 4.89. The molecule has 1 amide bonds. The molecule has 0 saturated carbocycles. The van der Waals surface area contributed by atoms with Crippen molar-refractivity contribution in [2.24, 2.45) is 10.7 Å². The normalized spacial score (nSPS) is 16.9. The molecule has 31 heavy (non-hydrogen) atoms. The van der Waals surface area contributed by atoms with Crippen LogP contribution < -0.4 is 15.4 Å². The zero-order valence-corrected chi connectivity index (χ0v) is 17.9. The summed E-state index contributed by atoms with van der Waals surface area (Å²) in [6, 6.07) is 14.7. The largest absolute Gasteiger partial charge is 0.490 e. The highest BCUT2D eigenvalue weighted by Gasteiger charge is 2.32. The van der Waals surface area contributed by atoms with E-state index in [1.807, 2.05) is 24.3 Å². The third-order valence-electron chi connectivity index (χ3n) is 4.89. The van der Waals surface area contributed by atoms with E-state index in [2.05, 4.69) is 25.8 Å². The van der Waals surface area contributed by atoms with E-state index in [0.717, 1.165) is 5.75 Å². The molecule has 1 heterocycles. The standard InChI is InChI=1S/C23H27N3O5/c1-23(2,3)16-6-10-18(11-7-16)30-14-19-13-26(22(29)31-19)17-8-4-15(5-9-17)21(24)25-12-20(27)28/h4-11,19H,12-14H2,1-3H3,(H2,24,25)(H,27,28).